The van der Waals surface area contributed by atoms with Gasteiger partial charge in [0, 0.05) is 11.6 Å². The highest BCUT2D eigenvalue weighted by atomic mass is 16.6. The van der Waals surface area contributed by atoms with E-state index in [2.05, 4.69) is 22.4 Å². The van der Waals surface area contributed by atoms with Crippen LogP contribution in [0.1, 0.15) is 37.0 Å². The largest absolute Gasteiger partial charge is 0.486 e. The number of rotatable bonds is 5. The van der Waals surface area contributed by atoms with Gasteiger partial charge in [-0.2, -0.15) is 5.10 Å². The summed E-state index contributed by atoms with van der Waals surface area (Å²) in [7, 11) is 0. The summed E-state index contributed by atoms with van der Waals surface area (Å²) in [6, 6.07) is 5.75. The zero-order valence-electron chi connectivity index (χ0n) is 13.4. The van der Waals surface area contributed by atoms with Crippen LogP contribution in [0.5, 0.6) is 11.5 Å². The van der Waals surface area contributed by atoms with E-state index in [1.165, 1.54) is 0 Å². The number of fused-ring (bicyclic) bond motifs is 1. The first-order chi connectivity index (χ1) is 11.2. The number of H-pyrrole nitrogens is 1. The van der Waals surface area contributed by atoms with Crippen molar-refractivity contribution in [3.8, 4) is 22.8 Å². The second-order valence-electron chi connectivity index (χ2n) is 5.68. The average Bonchev–Trinajstić information content (AvgIpc) is 3.04. The van der Waals surface area contributed by atoms with Gasteiger partial charge in [0.25, 0.3) is 5.91 Å². The van der Waals surface area contributed by atoms with Crippen molar-refractivity contribution in [3.05, 3.63) is 30.0 Å². The standard InChI is InChI=1S/C17H21N3O3/c1-3-4-11(2)19-17(21)13-10-18-20-16(13)12-5-6-14-15(9-12)23-8-7-22-14/h5-6,9-11H,3-4,7-8H2,1-2H3,(H,18,20)(H,19,21). The molecule has 1 amide bonds. The lowest BCUT2D eigenvalue weighted by Crippen LogP contribution is -2.32. The molecule has 0 aliphatic carbocycles. The highest BCUT2D eigenvalue weighted by Crippen LogP contribution is 2.34. The number of carbonyl (C=O) groups excluding carboxylic acids is 1. The quantitative estimate of drug-likeness (QED) is 0.889. The van der Waals surface area contributed by atoms with E-state index < -0.39 is 0 Å². The molecule has 2 aromatic rings. The number of ether oxygens (including phenoxy) is 2. The molecule has 1 atom stereocenters. The Labute approximate surface area is 135 Å². The summed E-state index contributed by atoms with van der Waals surface area (Å²) in [6.45, 7) is 5.19. The van der Waals surface area contributed by atoms with Gasteiger partial charge in [-0.1, -0.05) is 13.3 Å². The summed E-state index contributed by atoms with van der Waals surface area (Å²) in [6.07, 6.45) is 3.53. The van der Waals surface area contributed by atoms with Gasteiger partial charge < -0.3 is 14.8 Å². The van der Waals surface area contributed by atoms with E-state index >= 15 is 0 Å². The van der Waals surface area contributed by atoms with Gasteiger partial charge in [0.15, 0.2) is 11.5 Å². The molecule has 1 aromatic carbocycles. The number of nitrogens with zero attached hydrogens (tertiary/aromatic N) is 1. The van der Waals surface area contributed by atoms with Crippen molar-refractivity contribution < 1.29 is 14.3 Å². The number of hydrogen-bond donors (Lipinski definition) is 2. The molecule has 1 aromatic heterocycles. The van der Waals surface area contributed by atoms with E-state index in [9.17, 15) is 4.79 Å². The second kappa shape index (κ2) is 6.73. The molecule has 0 fully saturated rings. The van der Waals surface area contributed by atoms with Gasteiger partial charge in [-0.05, 0) is 31.5 Å². The molecule has 0 saturated heterocycles. The van der Waals surface area contributed by atoms with Crippen LogP contribution in [0.2, 0.25) is 0 Å². The lowest BCUT2D eigenvalue weighted by molar-refractivity contribution is 0.0939. The van der Waals surface area contributed by atoms with Crippen molar-refractivity contribution in [2.45, 2.75) is 32.7 Å². The number of carbonyl (C=O) groups is 1. The number of aromatic nitrogens is 2. The van der Waals surface area contributed by atoms with Crippen LogP contribution in [-0.2, 0) is 0 Å². The zero-order valence-corrected chi connectivity index (χ0v) is 13.4. The minimum Gasteiger partial charge on any atom is -0.486 e. The molecule has 1 aliphatic heterocycles. The van der Waals surface area contributed by atoms with Crippen molar-refractivity contribution in [2.75, 3.05) is 13.2 Å². The summed E-state index contributed by atoms with van der Waals surface area (Å²) >= 11 is 0. The molecule has 6 heteroatoms. The van der Waals surface area contributed by atoms with E-state index in [-0.39, 0.29) is 11.9 Å². The maximum Gasteiger partial charge on any atom is 0.255 e. The van der Waals surface area contributed by atoms with Gasteiger partial charge in [0.1, 0.15) is 13.2 Å². The van der Waals surface area contributed by atoms with Crippen molar-refractivity contribution in [1.82, 2.24) is 15.5 Å². The Morgan fingerprint density at radius 3 is 2.91 bits per heavy atom. The fourth-order valence-electron chi connectivity index (χ4n) is 2.68. The second-order valence-corrected chi connectivity index (χ2v) is 5.68. The van der Waals surface area contributed by atoms with Crippen LogP contribution < -0.4 is 14.8 Å². The third-order valence-electron chi connectivity index (χ3n) is 3.81. The van der Waals surface area contributed by atoms with E-state index in [1.54, 1.807) is 6.20 Å². The molecule has 0 bridgehead atoms. The molecule has 1 unspecified atom stereocenters. The predicted molar refractivity (Wildman–Crippen MR) is 86.8 cm³/mol. The predicted octanol–water partition coefficient (Wildman–Crippen LogP) is 2.77. The Bertz CT molecular complexity index is 696. The van der Waals surface area contributed by atoms with Crippen LogP contribution in [0.25, 0.3) is 11.3 Å². The third kappa shape index (κ3) is 3.31. The Morgan fingerprint density at radius 2 is 2.13 bits per heavy atom. The Hall–Kier alpha value is -2.50. The lowest BCUT2D eigenvalue weighted by atomic mass is 10.1. The topological polar surface area (TPSA) is 76.2 Å². The van der Waals surface area contributed by atoms with E-state index in [0.717, 1.165) is 24.2 Å². The molecule has 1 aliphatic rings. The number of amides is 1. The van der Waals surface area contributed by atoms with Crippen LogP contribution in [0.15, 0.2) is 24.4 Å². The van der Waals surface area contributed by atoms with Crippen LogP contribution in [-0.4, -0.2) is 35.4 Å². The maximum absolute atomic E-state index is 12.4. The minimum atomic E-state index is -0.121. The lowest BCUT2D eigenvalue weighted by Gasteiger charge is -2.19. The zero-order chi connectivity index (χ0) is 16.2. The molecule has 23 heavy (non-hydrogen) atoms. The van der Waals surface area contributed by atoms with Gasteiger partial charge in [0.05, 0.1) is 17.5 Å². The highest BCUT2D eigenvalue weighted by Gasteiger charge is 2.19. The molecule has 2 N–H and O–H groups in total. The van der Waals surface area contributed by atoms with Gasteiger partial charge in [-0.3, -0.25) is 9.89 Å². The number of hydrogen-bond acceptors (Lipinski definition) is 4. The molecule has 0 radical (unpaired) electrons. The van der Waals surface area contributed by atoms with Crippen LogP contribution in [0, 0.1) is 0 Å². The first-order valence-electron chi connectivity index (χ1n) is 7.93. The Kier molecular flexibility index (Phi) is 4.50. The van der Waals surface area contributed by atoms with Crippen molar-refractivity contribution >= 4 is 5.91 Å². The van der Waals surface area contributed by atoms with Crippen LogP contribution in [0.3, 0.4) is 0 Å². The summed E-state index contributed by atoms with van der Waals surface area (Å²) in [5.74, 6) is 1.29. The van der Waals surface area contributed by atoms with Crippen LogP contribution in [0.4, 0.5) is 0 Å². The smallest absolute Gasteiger partial charge is 0.255 e. The van der Waals surface area contributed by atoms with Crippen molar-refractivity contribution in [3.63, 3.8) is 0 Å². The molecule has 0 spiro atoms. The molecule has 3 rings (SSSR count). The molecule has 2 heterocycles. The van der Waals surface area contributed by atoms with Crippen molar-refractivity contribution in [1.29, 1.82) is 0 Å². The van der Waals surface area contributed by atoms with E-state index in [1.807, 2.05) is 25.1 Å². The molecular formula is C17H21N3O3. The van der Waals surface area contributed by atoms with E-state index in [4.69, 9.17) is 9.47 Å². The fourth-order valence-corrected chi connectivity index (χ4v) is 2.68. The monoisotopic (exact) mass is 315 g/mol. The first-order valence-corrected chi connectivity index (χ1v) is 7.93. The Morgan fingerprint density at radius 1 is 1.35 bits per heavy atom. The summed E-state index contributed by atoms with van der Waals surface area (Å²) < 4.78 is 11.1. The van der Waals surface area contributed by atoms with E-state index in [0.29, 0.717) is 30.2 Å². The van der Waals surface area contributed by atoms with Gasteiger partial charge in [-0.15, -0.1) is 0 Å². The molecule has 122 valence electrons. The molecule has 6 nitrogen and oxygen atoms in total. The minimum absolute atomic E-state index is 0.121. The third-order valence-corrected chi connectivity index (χ3v) is 3.81. The SMILES string of the molecule is CCCC(C)NC(=O)c1cn[nH]c1-c1ccc2c(c1)OCCO2. The van der Waals surface area contributed by atoms with Crippen LogP contribution >= 0.6 is 0 Å². The molecular weight excluding hydrogens is 294 g/mol. The number of benzene rings is 1. The normalized spacial score (nSPS) is 14.3. The summed E-state index contributed by atoms with van der Waals surface area (Å²) in [5, 5.41) is 9.94. The summed E-state index contributed by atoms with van der Waals surface area (Å²) in [4.78, 5) is 12.4. The Balaban J connectivity index is 1.84. The van der Waals surface area contributed by atoms with Gasteiger partial charge >= 0.3 is 0 Å². The highest BCUT2D eigenvalue weighted by molar-refractivity contribution is 6.00. The van der Waals surface area contributed by atoms with Gasteiger partial charge in [0.2, 0.25) is 0 Å². The first kappa shape index (κ1) is 15.4. The molecule has 0 saturated carbocycles. The number of nitrogens with one attached hydrogen (secondary N) is 2. The van der Waals surface area contributed by atoms with Gasteiger partial charge in [-0.25, -0.2) is 0 Å². The van der Waals surface area contributed by atoms with Crippen molar-refractivity contribution in [2.24, 2.45) is 0 Å². The number of aromatic amines is 1. The maximum atomic E-state index is 12.4. The average molecular weight is 315 g/mol. The summed E-state index contributed by atoms with van der Waals surface area (Å²) in [5.41, 5.74) is 2.06. The fraction of sp³-hybridized carbons (Fsp3) is 0.412.